The van der Waals surface area contributed by atoms with Crippen molar-refractivity contribution in [3.63, 3.8) is 0 Å². The number of imidazole rings is 1. The first-order valence-corrected chi connectivity index (χ1v) is 11.4. The van der Waals surface area contributed by atoms with Crippen molar-refractivity contribution in [1.82, 2.24) is 25.4 Å². The maximum atomic E-state index is 12.6. The Kier molecular flexibility index (Phi) is 6.15. The highest BCUT2D eigenvalue weighted by Gasteiger charge is 2.17. The Hall–Kier alpha value is -3.43. The molecule has 0 saturated carbocycles. The van der Waals surface area contributed by atoms with Crippen molar-refractivity contribution in [3.8, 4) is 16.3 Å². The molecule has 2 aromatic carbocycles. The van der Waals surface area contributed by atoms with Gasteiger partial charge in [-0.25, -0.2) is 9.97 Å². The van der Waals surface area contributed by atoms with Crippen molar-refractivity contribution in [2.45, 2.75) is 12.1 Å². The SMILES string of the molecule is CSc1nccn1-c1cccc(C(=O)NNC(=O)c2sc(-c3ccccc3)nc2C)c1. The van der Waals surface area contributed by atoms with Crippen LogP contribution in [-0.2, 0) is 0 Å². The fraction of sp³-hybridized carbons (Fsp3) is 0.0909. The average Bonchev–Trinajstić information content (AvgIpc) is 3.44. The third-order valence-electron chi connectivity index (χ3n) is 4.49. The van der Waals surface area contributed by atoms with Gasteiger partial charge in [0.15, 0.2) is 5.16 Å². The van der Waals surface area contributed by atoms with Crippen LogP contribution in [0.15, 0.2) is 72.1 Å². The largest absolute Gasteiger partial charge is 0.295 e. The highest BCUT2D eigenvalue weighted by atomic mass is 32.2. The second-order valence-electron chi connectivity index (χ2n) is 6.54. The zero-order valence-corrected chi connectivity index (χ0v) is 18.5. The number of aromatic nitrogens is 3. The van der Waals surface area contributed by atoms with E-state index in [9.17, 15) is 9.59 Å². The van der Waals surface area contributed by atoms with Crippen LogP contribution in [0.3, 0.4) is 0 Å². The number of carbonyl (C=O) groups excluding carboxylic acids is 2. The summed E-state index contributed by atoms with van der Waals surface area (Å²) in [7, 11) is 0. The van der Waals surface area contributed by atoms with E-state index in [1.807, 2.05) is 53.4 Å². The normalized spacial score (nSPS) is 10.6. The van der Waals surface area contributed by atoms with E-state index < -0.39 is 11.8 Å². The van der Waals surface area contributed by atoms with E-state index in [-0.39, 0.29) is 0 Å². The Morgan fingerprint density at radius 3 is 2.58 bits per heavy atom. The molecule has 2 heterocycles. The average molecular weight is 450 g/mol. The zero-order chi connectivity index (χ0) is 21.8. The number of nitrogens with zero attached hydrogens (tertiary/aromatic N) is 3. The summed E-state index contributed by atoms with van der Waals surface area (Å²) < 4.78 is 1.89. The Bertz CT molecular complexity index is 1230. The lowest BCUT2D eigenvalue weighted by Crippen LogP contribution is -2.41. The van der Waals surface area contributed by atoms with E-state index in [4.69, 9.17) is 0 Å². The Balaban J connectivity index is 1.45. The second kappa shape index (κ2) is 9.15. The van der Waals surface area contributed by atoms with Gasteiger partial charge < -0.3 is 0 Å². The van der Waals surface area contributed by atoms with Gasteiger partial charge in [0.05, 0.1) is 5.69 Å². The van der Waals surface area contributed by atoms with E-state index in [0.29, 0.717) is 16.1 Å². The standard InChI is InChI=1S/C22H19N5O2S2/c1-14-18(31-21(24-14)15-7-4-3-5-8-15)20(29)26-25-19(28)16-9-6-10-17(13-16)27-12-11-23-22(27)30-2/h3-13H,1-2H3,(H,25,28)(H,26,29). The molecule has 31 heavy (non-hydrogen) atoms. The number of benzene rings is 2. The lowest BCUT2D eigenvalue weighted by atomic mass is 10.2. The van der Waals surface area contributed by atoms with Gasteiger partial charge in [0, 0.05) is 29.2 Å². The first-order chi connectivity index (χ1) is 15.1. The monoisotopic (exact) mass is 449 g/mol. The Morgan fingerprint density at radius 2 is 1.81 bits per heavy atom. The number of thiazole rings is 1. The van der Waals surface area contributed by atoms with Gasteiger partial charge in [-0.15, -0.1) is 11.3 Å². The van der Waals surface area contributed by atoms with Gasteiger partial charge in [-0.3, -0.25) is 25.0 Å². The number of rotatable bonds is 5. The minimum atomic E-state index is -0.411. The van der Waals surface area contributed by atoms with E-state index in [0.717, 1.165) is 21.4 Å². The topological polar surface area (TPSA) is 88.9 Å². The predicted octanol–water partition coefficient (Wildman–Crippen LogP) is 4.10. The van der Waals surface area contributed by atoms with Gasteiger partial charge in [0.1, 0.15) is 9.88 Å². The molecule has 0 fully saturated rings. The van der Waals surface area contributed by atoms with Crippen molar-refractivity contribution < 1.29 is 9.59 Å². The molecule has 0 saturated heterocycles. The molecule has 9 heteroatoms. The summed E-state index contributed by atoms with van der Waals surface area (Å²) >= 11 is 2.80. The van der Waals surface area contributed by atoms with E-state index in [2.05, 4.69) is 20.8 Å². The highest BCUT2D eigenvalue weighted by molar-refractivity contribution is 7.98. The van der Waals surface area contributed by atoms with Crippen LogP contribution in [0.25, 0.3) is 16.3 Å². The fourth-order valence-corrected chi connectivity index (χ4v) is 4.48. The lowest BCUT2D eigenvalue weighted by Gasteiger charge is -2.09. The molecule has 2 aromatic heterocycles. The van der Waals surface area contributed by atoms with E-state index in [1.54, 1.807) is 31.3 Å². The third kappa shape index (κ3) is 4.52. The van der Waals surface area contributed by atoms with Crippen LogP contribution in [0.2, 0.25) is 0 Å². The number of hydrazine groups is 1. The number of carbonyl (C=O) groups is 2. The number of hydrogen-bond acceptors (Lipinski definition) is 6. The summed E-state index contributed by atoms with van der Waals surface area (Å²) in [6.45, 7) is 1.78. The van der Waals surface area contributed by atoms with Crippen LogP contribution in [0.4, 0.5) is 0 Å². The van der Waals surface area contributed by atoms with Crippen LogP contribution < -0.4 is 10.9 Å². The number of amides is 2. The first kappa shape index (κ1) is 20.8. The third-order valence-corrected chi connectivity index (χ3v) is 6.36. The van der Waals surface area contributed by atoms with Crippen LogP contribution >= 0.6 is 23.1 Å². The van der Waals surface area contributed by atoms with E-state index in [1.165, 1.54) is 23.1 Å². The molecule has 0 radical (unpaired) electrons. The number of hydrogen-bond donors (Lipinski definition) is 2. The Labute approximate surface area is 187 Å². The van der Waals surface area contributed by atoms with Crippen molar-refractivity contribution >= 4 is 34.9 Å². The van der Waals surface area contributed by atoms with Crippen LogP contribution in [0.1, 0.15) is 25.7 Å². The summed E-state index contributed by atoms with van der Waals surface area (Å²) in [6.07, 6.45) is 5.48. The molecule has 7 nitrogen and oxygen atoms in total. The minimum Gasteiger partial charge on any atom is -0.295 e. The van der Waals surface area contributed by atoms with Crippen LogP contribution in [-0.4, -0.2) is 32.6 Å². The van der Waals surface area contributed by atoms with Gasteiger partial charge in [-0.1, -0.05) is 48.2 Å². The summed E-state index contributed by atoms with van der Waals surface area (Å²) in [5, 5.41) is 1.58. The van der Waals surface area contributed by atoms with Gasteiger partial charge in [-0.05, 0) is 31.4 Å². The predicted molar refractivity (Wildman–Crippen MR) is 123 cm³/mol. The smallest absolute Gasteiger partial charge is 0.281 e. The molecule has 0 aliphatic heterocycles. The molecular formula is C22H19N5O2S2. The summed E-state index contributed by atoms with van der Waals surface area (Å²) in [5.41, 5.74) is 7.76. The molecule has 2 amide bonds. The van der Waals surface area contributed by atoms with Crippen molar-refractivity contribution in [1.29, 1.82) is 0 Å². The molecule has 0 unspecified atom stereocenters. The number of thioether (sulfide) groups is 1. The maximum absolute atomic E-state index is 12.6. The minimum absolute atomic E-state index is 0.402. The molecule has 156 valence electrons. The van der Waals surface area contributed by atoms with Crippen LogP contribution in [0.5, 0.6) is 0 Å². The molecule has 0 spiro atoms. The summed E-state index contributed by atoms with van der Waals surface area (Å²) in [4.78, 5) is 34.4. The van der Waals surface area contributed by atoms with Crippen molar-refractivity contribution in [2.24, 2.45) is 0 Å². The molecular weight excluding hydrogens is 430 g/mol. The van der Waals surface area contributed by atoms with Gasteiger partial charge in [0.2, 0.25) is 0 Å². The molecule has 0 bridgehead atoms. The second-order valence-corrected chi connectivity index (χ2v) is 8.31. The zero-order valence-electron chi connectivity index (χ0n) is 16.8. The molecule has 4 rings (SSSR count). The van der Waals surface area contributed by atoms with Crippen molar-refractivity contribution in [3.05, 3.63) is 83.1 Å². The van der Waals surface area contributed by atoms with Crippen molar-refractivity contribution in [2.75, 3.05) is 6.26 Å². The molecule has 4 aromatic rings. The molecule has 0 atom stereocenters. The quantitative estimate of drug-likeness (QED) is 0.354. The number of aryl methyl sites for hydroxylation is 1. The van der Waals surface area contributed by atoms with Gasteiger partial charge in [-0.2, -0.15) is 0 Å². The van der Waals surface area contributed by atoms with Gasteiger partial charge in [0.25, 0.3) is 11.8 Å². The molecule has 0 aliphatic rings. The van der Waals surface area contributed by atoms with E-state index >= 15 is 0 Å². The first-order valence-electron chi connectivity index (χ1n) is 9.38. The summed E-state index contributed by atoms with van der Waals surface area (Å²) in [6, 6.07) is 16.8. The fourth-order valence-electron chi connectivity index (χ4n) is 2.99. The lowest BCUT2D eigenvalue weighted by molar-refractivity contribution is 0.0848. The van der Waals surface area contributed by atoms with Crippen LogP contribution in [0, 0.1) is 6.92 Å². The van der Waals surface area contributed by atoms with Gasteiger partial charge >= 0.3 is 0 Å². The summed E-state index contributed by atoms with van der Waals surface area (Å²) in [5.74, 6) is -0.813. The molecule has 2 N–H and O–H groups in total. The maximum Gasteiger partial charge on any atom is 0.281 e. The Morgan fingerprint density at radius 1 is 1.03 bits per heavy atom. The highest BCUT2D eigenvalue weighted by Crippen LogP contribution is 2.27. The molecule has 0 aliphatic carbocycles. The number of nitrogens with one attached hydrogen (secondary N) is 2.